The van der Waals surface area contributed by atoms with Crippen LogP contribution < -0.4 is 4.74 Å². The normalized spacial score (nSPS) is 12.2. The fourth-order valence-electron chi connectivity index (χ4n) is 1.66. The number of hydrogen-bond donors (Lipinski definition) is 0. The molecule has 0 aliphatic rings. The lowest BCUT2D eigenvalue weighted by Gasteiger charge is -2.04. The van der Waals surface area contributed by atoms with Gasteiger partial charge in [0.15, 0.2) is 0 Å². The van der Waals surface area contributed by atoms with Gasteiger partial charge < -0.3 is 4.74 Å². The Hall–Kier alpha value is -1.85. The predicted octanol–water partition coefficient (Wildman–Crippen LogP) is 3.46. The lowest BCUT2D eigenvalue weighted by Crippen LogP contribution is -2.02. The molecule has 6 heteroatoms. The van der Waals surface area contributed by atoms with Gasteiger partial charge >= 0.3 is 0 Å². The van der Waals surface area contributed by atoms with Crippen molar-refractivity contribution in [1.82, 2.24) is 0 Å². The summed E-state index contributed by atoms with van der Waals surface area (Å²) in [7, 11) is -3.84. The monoisotopic (exact) mass is 323 g/mol. The molecule has 2 rings (SSSR count). The van der Waals surface area contributed by atoms with Crippen molar-refractivity contribution in [3.63, 3.8) is 0 Å². The van der Waals surface area contributed by atoms with E-state index in [2.05, 4.69) is 4.40 Å². The summed E-state index contributed by atoms with van der Waals surface area (Å²) in [5.74, 6) is 0.606. The van der Waals surface area contributed by atoms with Crippen LogP contribution in [0.2, 0.25) is 0 Å². The van der Waals surface area contributed by atoms with E-state index in [0.717, 1.165) is 0 Å². The Morgan fingerprint density at radius 2 is 1.71 bits per heavy atom. The number of nitrogens with zero attached hydrogens (tertiary/aromatic N) is 1. The van der Waals surface area contributed by atoms with Gasteiger partial charge in [0.05, 0.1) is 11.5 Å². The van der Waals surface area contributed by atoms with E-state index < -0.39 is 10.0 Å². The Morgan fingerprint density at radius 3 is 2.29 bits per heavy atom. The molecular formula is C15H14ClNO3S. The summed E-state index contributed by atoms with van der Waals surface area (Å²) in [6.45, 7) is 2.37. The third-order valence-corrected chi connectivity index (χ3v) is 4.34. The van der Waals surface area contributed by atoms with E-state index in [0.29, 0.717) is 17.9 Å². The van der Waals surface area contributed by atoms with Gasteiger partial charge in [-0.25, -0.2) is 0 Å². The van der Waals surface area contributed by atoms with E-state index in [4.69, 9.17) is 16.3 Å². The van der Waals surface area contributed by atoms with Crippen molar-refractivity contribution in [2.45, 2.75) is 11.8 Å². The van der Waals surface area contributed by atoms with Crippen LogP contribution in [-0.2, 0) is 10.0 Å². The van der Waals surface area contributed by atoms with E-state index in [1.165, 1.54) is 12.1 Å². The van der Waals surface area contributed by atoms with Crippen molar-refractivity contribution in [3.8, 4) is 5.75 Å². The zero-order valence-electron chi connectivity index (χ0n) is 11.4. The maximum absolute atomic E-state index is 12.2. The number of hydrogen-bond acceptors (Lipinski definition) is 3. The van der Waals surface area contributed by atoms with Crippen LogP contribution in [0.1, 0.15) is 12.5 Å². The third-order valence-electron chi connectivity index (χ3n) is 2.64. The van der Waals surface area contributed by atoms with E-state index in [-0.39, 0.29) is 10.1 Å². The lowest BCUT2D eigenvalue weighted by atomic mass is 10.2. The molecule has 0 spiro atoms. The van der Waals surface area contributed by atoms with Gasteiger partial charge in [0.1, 0.15) is 10.9 Å². The highest BCUT2D eigenvalue weighted by molar-refractivity contribution is 7.90. The van der Waals surface area contributed by atoms with E-state index in [9.17, 15) is 8.42 Å². The molecule has 0 saturated carbocycles. The topological polar surface area (TPSA) is 55.7 Å². The molecule has 4 nitrogen and oxygen atoms in total. The van der Waals surface area contributed by atoms with Crippen molar-refractivity contribution in [1.29, 1.82) is 0 Å². The molecule has 0 aromatic heterocycles. The highest BCUT2D eigenvalue weighted by Gasteiger charge is 2.14. The van der Waals surface area contributed by atoms with Crippen LogP contribution in [0.4, 0.5) is 0 Å². The van der Waals surface area contributed by atoms with Gasteiger partial charge in [-0.05, 0) is 31.2 Å². The molecule has 21 heavy (non-hydrogen) atoms. The number of benzene rings is 2. The highest BCUT2D eigenvalue weighted by Crippen LogP contribution is 2.19. The summed E-state index contributed by atoms with van der Waals surface area (Å²) in [4.78, 5) is 0.0695. The highest BCUT2D eigenvalue weighted by atomic mass is 35.5. The van der Waals surface area contributed by atoms with Gasteiger partial charge in [0, 0.05) is 5.56 Å². The van der Waals surface area contributed by atoms with Crippen molar-refractivity contribution >= 4 is 26.8 Å². The zero-order chi connectivity index (χ0) is 15.3. The second-order valence-electron chi connectivity index (χ2n) is 4.13. The summed E-state index contributed by atoms with van der Waals surface area (Å²) >= 11 is 5.97. The van der Waals surface area contributed by atoms with Crippen LogP contribution in [0.3, 0.4) is 0 Å². The molecule has 0 saturated heterocycles. The van der Waals surface area contributed by atoms with Gasteiger partial charge in [0.25, 0.3) is 10.0 Å². The molecule has 0 atom stereocenters. The molecule has 0 fully saturated rings. The quantitative estimate of drug-likeness (QED) is 0.792. The maximum atomic E-state index is 12.2. The molecule has 0 unspecified atom stereocenters. The molecule has 0 radical (unpaired) electrons. The first kappa shape index (κ1) is 15.5. The second kappa shape index (κ2) is 6.74. The third kappa shape index (κ3) is 4.06. The fourth-order valence-corrected chi connectivity index (χ4v) is 2.96. The van der Waals surface area contributed by atoms with Crippen molar-refractivity contribution in [3.05, 3.63) is 60.2 Å². The number of rotatable bonds is 5. The molecule has 0 aliphatic heterocycles. The Balaban J connectivity index is 2.29. The Bertz CT molecular complexity index is 725. The Morgan fingerprint density at radius 1 is 1.10 bits per heavy atom. The van der Waals surface area contributed by atoms with Crippen LogP contribution in [0.5, 0.6) is 5.75 Å². The average Bonchev–Trinajstić information content (AvgIpc) is 2.48. The summed E-state index contributed by atoms with van der Waals surface area (Å²) < 4.78 is 33.3. The van der Waals surface area contributed by atoms with Crippen molar-refractivity contribution in [2.75, 3.05) is 6.61 Å². The second-order valence-corrected chi connectivity index (χ2v) is 6.09. The summed E-state index contributed by atoms with van der Waals surface area (Å²) in [5, 5.41) is -0.0653. The average molecular weight is 324 g/mol. The minimum atomic E-state index is -3.84. The van der Waals surface area contributed by atoms with Gasteiger partial charge in [-0.3, -0.25) is 0 Å². The number of sulfonamides is 1. The van der Waals surface area contributed by atoms with Crippen molar-refractivity contribution in [2.24, 2.45) is 4.40 Å². The van der Waals surface area contributed by atoms with Gasteiger partial charge in [0.2, 0.25) is 0 Å². The SMILES string of the molecule is CCOc1ccc(S(=O)(=O)/N=C(\Cl)c2ccccc2)cc1. The van der Waals surface area contributed by atoms with E-state index >= 15 is 0 Å². The van der Waals surface area contributed by atoms with E-state index in [1.807, 2.05) is 13.0 Å². The first-order chi connectivity index (χ1) is 10.0. The summed E-state index contributed by atoms with van der Waals surface area (Å²) in [6.07, 6.45) is 0. The van der Waals surface area contributed by atoms with Crippen LogP contribution in [0.15, 0.2) is 63.9 Å². The molecule has 2 aromatic rings. The van der Waals surface area contributed by atoms with Gasteiger partial charge in [-0.1, -0.05) is 41.9 Å². The molecule has 0 heterocycles. The Kier molecular flexibility index (Phi) is 4.98. The number of ether oxygens (including phenoxy) is 1. The molecule has 2 aromatic carbocycles. The molecule has 0 bridgehead atoms. The molecular weight excluding hydrogens is 310 g/mol. The standard InChI is InChI=1S/C15H14ClNO3S/c1-2-20-13-8-10-14(11-9-13)21(18,19)17-15(16)12-6-4-3-5-7-12/h3-11H,2H2,1H3/b17-15-. The first-order valence-corrected chi connectivity index (χ1v) is 8.13. The Labute approximate surface area is 129 Å². The van der Waals surface area contributed by atoms with E-state index in [1.54, 1.807) is 36.4 Å². The number of halogens is 1. The molecule has 110 valence electrons. The largest absolute Gasteiger partial charge is 0.494 e. The zero-order valence-corrected chi connectivity index (χ0v) is 12.9. The molecule has 0 N–H and O–H groups in total. The van der Waals surface area contributed by atoms with Crippen LogP contribution >= 0.6 is 11.6 Å². The first-order valence-electron chi connectivity index (χ1n) is 6.31. The fraction of sp³-hybridized carbons (Fsp3) is 0.133. The lowest BCUT2D eigenvalue weighted by molar-refractivity contribution is 0.340. The smallest absolute Gasteiger partial charge is 0.283 e. The molecule has 0 amide bonds. The van der Waals surface area contributed by atoms with Crippen molar-refractivity contribution < 1.29 is 13.2 Å². The van der Waals surface area contributed by atoms with Crippen LogP contribution in [-0.4, -0.2) is 20.2 Å². The van der Waals surface area contributed by atoms with Gasteiger partial charge in [-0.15, -0.1) is 4.40 Å². The molecule has 0 aliphatic carbocycles. The van der Waals surface area contributed by atoms with Crippen LogP contribution in [0, 0.1) is 0 Å². The minimum Gasteiger partial charge on any atom is -0.494 e. The van der Waals surface area contributed by atoms with Crippen LogP contribution in [0.25, 0.3) is 0 Å². The van der Waals surface area contributed by atoms with Gasteiger partial charge in [-0.2, -0.15) is 8.42 Å². The summed E-state index contributed by atoms with van der Waals surface area (Å²) in [5.41, 5.74) is 0.550. The summed E-state index contributed by atoms with van der Waals surface area (Å²) in [6, 6.07) is 14.8. The predicted molar refractivity (Wildman–Crippen MR) is 83.6 cm³/mol. The minimum absolute atomic E-state index is 0.0653. The maximum Gasteiger partial charge on any atom is 0.283 e.